The standard InChI is InChI=1S/C24H28ClN5O2/c1-29(2)14-23(31)30-10-7-16(8-11-30)22-13-19-21(6-9-26-24(19)28-22)27-18-4-5-20(25)17(12-18)15-32-3/h4-7,9,12-13H,8,10-11,14-15H2,1-3H3,(H2,26,27,28). The fourth-order valence-electron chi connectivity index (χ4n) is 3.89. The number of benzene rings is 1. The van der Waals surface area contributed by atoms with Crippen LogP contribution >= 0.6 is 11.6 Å². The first-order valence-electron chi connectivity index (χ1n) is 10.6. The van der Waals surface area contributed by atoms with Gasteiger partial charge in [-0.3, -0.25) is 4.79 Å². The van der Waals surface area contributed by atoms with Crippen molar-refractivity contribution in [1.82, 2.24) is 19.8 Å². The average Bonchev–Trinajstić information content (AvgIpc) is 3.21. The van der Waals surface area contributed by atoms with Crippen molar-refractivity contribution in [2.75, 3.05) is 46.2 Å². The lowest BCUT2D eigenvalue weighted by Gasteiger charge is -2.27. The van der Waals surface area contributed by atoms with Gasteiger partial charge in [-0.2, -0.15) is 0 Å². The molecule has 0 saturated carbocycles. The number of hydrogen-bond acceptors (Lipinski definition) is 5. The minimum absolute atomic E-state index is 0.158. The second-order valence-corrected chi connectivity index (χ2v) is 8.63. The van der Waals surface area contributed by atoms with Crippen molar-refractivity contribution < 1.29 is 9.53 Å². The molecule has 0 fully saturated rings. The van der Waals surface area contributed by atoms with E-state index in [-0.39, 0.29) is 5.91 Å². The molecule has 1 aromatic carbocycles. The topological polar surface area (TPSA) is 73.5 Å². The van der Waals surface area contributed by atoms with Gasteiger partial charge < -0.3 is 24.8 Å². The number of nitrogens with zero attached hydrogens (tertiary/aromatic N) is 3. The number of rotatable bonds is 7. The average molecular weight is 454 g/mol. The van der Waals surface area contributed by atoms with Gasteiger partial charge in [0.05, 0.1) is 18.8 Å². The molecule has 1 aliphatic rings. The van der Waals surface area contributed by atoms with Crippen LogP contribution in [0.15, 0.2) is 42.6 Å². The van der Waals surface area contributed by atoms with Gasteiger partial charge in [0.25, 0.3) is 0 Å². The van der Waals surface area contributed by atoms with Crippen molar-refractivity contribution >= 4 is 45.5 Å². The minimum Gasteiger partial charge on any atom is -0.380 e. The summed E-state index contributed by atoms with van der Waals surface area (Å²) in [5.41, 5.74) is 5.89. The molecule has 3 heterocycles. The number of amides is 1. The van der Waals surface area contributed by atoms with Gasteiger partial charge in [-0.05, 0) is 62.0 Å². The van der Waals surface area contributed by atoms with Crippen molar-refractivity contribution in [3.05, 3.63) is 58.9 Å². The van der Waals surface area contributed by atoms with E-state index in [1.54, 1.807) is 13.3 Å². The molecule has 3 aromatic rings. The highest BCUT2D eigenvalue weighted by molar-refractivity contribution is 6.31. The molecule has 0 saturated heterocycles. The van der Waals surface area contributed by atoms with Gasteiger partial charge in [0.15, 0.2) is 0 Å². The third-order valence-corrected chi connectivity index (χ3v) is 5.88. The molecule has 0 atom stereocenters. The Morgan fingerprint density at radius 3 is 2.88 bits per heavy atom. The second kappa shape index (κ2) is 9.73. The van der Waals surface area contributed by atoms with E-state index in [0.717, 1.165) is 46.6 Å². The first-order valence-corrected chi connectivity index (χ1v) is 11.0. The number of nitrogens with one attached hydrogen (secondary N) is 2. The first-order chi connectivity index (χ1) is 15.4. The van der Waals surface area contributed by atoms with E-state index < -0.39 is 0 Å². The monoisotopic (exact) mass is 453 g/mol. The van der Waals surface area contributed by atoms with Crippen molar-refractivity contribution in [1.29, 1.82) is 0 Å². The summed E-state index contributed by atoms with van der Waals surface area (Å²) >= 11 is 6.26. The molecule has 32 heavy (non-hydrogen) atoms. The number of halogens is 1. The van der Waals surface area contributed by atoms with E-state index in [4.69, 9.17) is 16.3 Å². The molecule has 2 aromatic heterocycles. The molecule has 4 rings (SSSR count). The molecular formula is C24H28ClN5O2. The smallest absolute Gasteiger partial charge is 0.237 e. The fourth-order valence-corrected chi connectivity index (χ4v) is 4.07. The van der Waals surface area contributed by atoms with Gasteiger partial charge >= 0.3 is 0 Å². The van der Waals surface area contributed by atoms with Gasteiger partial charge in [-0.25, -0.2) is 4.98 Å². The van der Waals surface area contributed by atoms with E-state index in [1.807, 2.05) is 48.2 Å². The molecular weight excluding hydrogens is 426 g/mol. The summed E-state index contributed by atoms with van der Waals surface area (Å²) in [5, 5.41) is 5.17. The summed E-state index contributed by atoms with van der Waals surface area (Å²) in [6.45, 7) is 2.24. The number of aromatic amines is 1. The van der Waals surface area contributed by atoms with Crippen molar-refractivity contribution in [2.24, 2.45) is 0 Å². The number of carbonyl (C=O) groups is 1. The van der Waals surface area contributed by atoms with Crippen LogP contribution in [0.5, 0.6) is 0 Å². The molecule has 8 heteroatoms. The number of carbonyl (C=O) groups excluding carboxylic acids is 1. The molecule has 7 nitrogen and oxygen atoms in total. The Morgan fingerprint density at radius 1 is 1.31 bits per heavy atom. The Kier molecular flexibility index (Phi) is 6.79. The van der Waals surface area contributed by atoms with E-state index >= 15 is 0 Å². The maximum Gasteiger partial charge on any atom is 0.237 e. The van der Waals surface area contributed by atoms with Crippen LogP contribution in [-0.4, -0.2) is 66.5 Å². The van der Waals surface area contributed by atoms with Crippen LogP contribution in [0, 0.1) is 0 Å². The Balaban J connectivity index is 1.55. The third-order valence-electron chi connectivity index (χ3n) is 5.52. The van der Waals surface area contributed by atoms with Gasteiger partial charge in [-0.15, -0.1) is 0 Å². The van der Waals surface area contributed by atoms with Gasteiger partial charge in [0.2, 0.25) is 5.91 Å². The van der Waals surface area contributed by atoms with Crippen molar-refractivity contribution in [3.63, 3.8) is 0 Å². The Labute approximate surface area is 193 Å². The van der Waals surface area contributed by atoms with Crippen LogP contribution in [0.25, 0.3) is 16.6 Å². The number of anilines is 2. The zero-order chi connectivity index (χ0) is 22.7. The van der Waals surface area contributed by atoms with E-state index in [9.17, 15) is 4.79 Å². The quantitative estimate of drug-likeness (QED) is 0.558. The van der Waals surface area contributed by atoms with Crippen LogP contribution in [0.3, 0.4) is 0 Å². The molecule has 2 N–H and O–H groups in total. The first kappa shape index (κ1) is 22.3. The van der Waals surface area contributed by atoms with E-state index in [1.165, 1.54) is 5.57 Å². The zero-order valence-electron chi connectivity index (χ0n) is 18.6. The number of fused-ring (bicyclic) bond motifs is 1. The highest BCUT2D eigenvalue weighted by atomic mass is 35.5. The number of likely N-dealkylation sites (N-methyl/N-ethyl adjacent to an activating group) is 1. The van der Waals surface area contributed by atoms with Crippen LogP contribution in [0.1, 0.15) is 17.7 Å². The minimum atomic E-state index is 0.158. The lowest BCUT2D eigenvalue weighted by atomic mass is 10.0. The highest BCUT2D eigenvalue weighted by Crippen LogP contribution is 2.31. The number of pyridine rings is 1. The summed E-state index contributed by atoms with van der Waals surface area (Å²) in [4.78, 5) is 24.0. The van der Waals surface area contributed by atoms with E-state index in [2.05, 4.69) is 27.4 Å². The Hall–Kier alpha value is -2.87. The number of ether oxygens (including phenoxy) is 1. The number of aromatic nitrogens is 2. The van der Waals surface area contributed by atoms with Crippen LogP contribution in [0.4, 0.5) is 11.4 Å². The molecule has 0 unspecified atom stereocenters. The van der Waals surface area contributed by atoms with Gasteiger partial charge in [0.1, 0.15) is 5.65 Å². The number of methoxy groups -OCH3 is 1. The Morgan fingerprint density at radius 2 is 2.16 bits per heavy atom. The normalized spacial score (nSPS) is 14.2. The third kappa shape index (κ3) is 4.96. The van der Waals surface area contributed by atoms with Crippen molar-refractivity contribution in [2.45, 2.75) is 13.0 Å². The van der Waals surface area contributed by atoms with Crippen LogP contribution < -0.4 is 5.32 Å². The largest absolute Gasteiger partial charge is 0.380 e. The molecule has 0 aliphatic carbocycles. The Bertz CT molecular complexity index is 1150. The summed E-state index contributed by atoms with van der Waals surface area (Å²) < 4.78 is 5.24. The fraction of sp³-hybridized carbons (Fsp3) is 0.333. The maximum atomic E-state index is 12.3. The lowest BCUT2D eigenvalue weighted by Crippen LogP contribution is -2.40. The molecule has 168 valence electrons. The van der Waals surface area contributed by atoms with Crippen LogP contribution in [-0.2, 0) is 16.1 Å². The zero-order valence-corrected chi connectivity index (χ0v) is 19.4. The summed E-state index contributed by atoms with van der Waals surface area (Å²) in [5.74, 6) is 0.158. The second-order valence-electron chi connectivity index (χ2n) is 8.22. The number of H-pyrrole nitrogens is 1. The van der Waals surface area contributed by atoms with E-state index in [0.29, 0.717) is 24.7 Å². The van der Waals surface area contributed by atoms with Gasteiger partial charge in [0, 0.05) is 48.2 Å². The van der Waals surface area contributed by atoms with Gasteiger partial charge in [-0.1, -0.05) is 17.7 Å². The SMILES string of the molecule is COCc1cc(Nc2ccnc3[nH]c(C4=CCN(C(=O)CN(C)C)CC4)cc23)ccc1Cl. The molecule has 0 radical (unpaired) electrons. The summed E-state index contributed by atoms with van der Waals surface area (Å²) in [7, 11) is 5.48. The molecule has 1 aliphatic heterocycles. The summed E-state index contributed by atoms with van der Waals surface area (Å²) in [6.07, 6.45) is 4.73. The predicted molar refractivity (Wildman–Crippen MR) is 129 cm³/mol. The summed E-state index contributed by atoms with van der Waals surface area (Å²) in [6, 6.07) is 9.90. The lowest BCUT2D eigenvalue weighted by molar-refractivity contribution is -0.131. The number of hydrogen-bond donors (Lipinski definition) is 2. The van der Waals surface area contributed by atoms with Crippen molar-refractivity contribution in [3.8, 4) is 0 Å². The highest BCUT2D eigenvalue weighted by Gasteiger charge is 2.19. The molecule has 0 spiro atoms. The predicted octanol–water partition coefficient (Wildman–Crippen LogP) is 4.28. The van der Waals surface area contributed by atoms with Crippen LogP contribution in [0.2, 0.25) is 5.02 Å². The molecule has 1 amide bonds. The maximum absolute atomic E-state index is 12.3. The molecule has 0 bridgehead atoms.